The first-order chi connectivity index (χ1) is 19.8. The minimum absolute atomic E-state index is 0.100. The Labute approximate surface area is 239 Å². The molecular weight excluding hydrogens is 518 g/mol. The van der Waals surface area contributed by atoms with Gasteiger partial charge >= 0.3 is 5.97 Å². The molecule has 1 aliphatic rings. The van der Waals surface area contributed by atoms with E-state index in [9.17, 15) is 19.7 Å². The maximum Gasteiger partial charge on any atom is 0.340 e. The normalized spacial score (nSPS) is 13.7. The number of benzene rings is 3. The predicted molar refractivity (Wildman–Crippen MR) is 158 cm³/mol. The molecule has 1 fully saturated rings. The van der Waals surface area contributed by atoms with Gasteiger partial charge in [0.15, 0.2) is 6.61 Å². The zero-order valence-corrected chi connectivity index (χ0v) is 23.3. The van der Waals surface area contributed by atoms with Crippen molar-refractivity contribution in [2.24, 2.45) is 5.92 Å². The first kappa shape index (κ1) is 27.8. The molecule has 0 amide bonds. The highest BCUT2D eigenvalue weighted by Crippen LogP contribution is 2.31. The number of Topliss-reactive ketones (excluding diaryl/α,β-unsaturated/α-hetero) is 1. The van der Waals surface area contributed by atoms with Crippen molar-refractivity contribution in [2.75, 3.05) is 24.6 Å². The summed E-state index contributed by atoms with van der Waals surface area (Å²) in [6, 6.07) is 26.1. The number of piperidine rings is 1. The molecule has 210 valence electrons. The summed E-state index contributed by atoms with van der Waals surface area (Å²) in [6.45, 7) is 4.76. The smallest absolute Gasteiger partial charge is 0.340 e. The second-order valence-electron chi connectivity index (χ2n) is 10.5. The summed E-state index contributed by atoms with van der Waals surface area (Å²) in [7, 11) is 0. The summed E-state index contributed by atoms with van der Waals surface area (Å²) in [6.07, 6.45) is 2.88. The van der Waals surface area contributed by atoms with Crippen LogP contribution in [0.5, 0.6) is 0 Å². The van der Waals surface area contributed by atoms with Crippen LogP contribution in [0.2, 0.25) is 0 Å². The average Bonchev–Trinajstić information content (AvgIpc) is 3.30. The fourth-order valence-corrected chi connectivity index (χ4v) is 5.71. The van der Waals surface area contributed by atoms with E-state index >= 15 is 0 Å². The highest BCUT2D eigenvalue weighted by atomic mass is 16.6. The number of ether oxygens (including phenoxy) is 1. The molecule has 41 heavy (non-hydrogen) atoms. The predicted octanol–water partition coefficient (Wildman–Crippen LogP) is 6.50. The Kier molecular flexibility index (Phi) is 8.29. The minimum Gasteiger partial charge on any atom is -0.454 e. The van der Waals surface area contributed by atoms with E-state index in [0.29, 0.717) is 17.2 Å². The molecule has 3 aromatic carbocycles. The second-order valence-corrected chi connectivity index (χ2v) is 10.5. The third kappa shape index (κ3) is 6.22. The van der Waals surface area contributed by atoms with E-state index in [-0.39, 0.29) is 17.0 Å². The molecule has 0 atom stereocenters. The van der Waals surface area contributed by atoms with Gasteiger partial charge in [-0.3, -0.25) is 14.9 Å². The van der Waals surface area contributed by atoms with Crippen LogP contribution in [-0.2, 0) is 11.2 Å². The topological polar surface area (TPSA) is 94.7 Å². The van der Waals surface area contributed by atoms with E-state index in [4.69, 9.17) is 4.74 Å². The fourth-order valence-electron chi connectivity index (χ4n) is 5.71. The monoisotopic (exact) mass is 551 g/mol. The molecule has 0 saturated carbocycles. The number of rotatable bonds is 9. The Balaban J connectivity index is 1.29. The van der Waals surface area contributed by atoms with E-state index in [1.54, 1.807) is 12.1 Å². The molecule has 0 N–H and O–H groups in total. The van der Waals surface area contributed by atoms with Gasteiger partial charge in [-0.05, 0) is 68.9 Å². The summed E-state index contributed by atoms with van der Waals surface area (Å²) in [5.41, 5.74) is 4.85. The van der Waals surface area contributed by atoms with Crippen LogP contribution in [0.4, 0.5) is 11.4 Å². The van der Waals surface area contributed by atoms with Crippen LogP contribution >= 0.6 is 0 Å². The lowest BCUT2D eigenvalue weighted by Crippen LogP contribution is -2.35. The molecule has 1 aromatic heterocycles. The SMILES string of the molecule is Cc1cc(C(=O)COC(=O)c2cc([N+](=O)[O-])ccc2N2CCC(Cc3ccccc3)CC2)c(C)n1-c1ccccc1. The first-order valence-electron chi connectivity index (χ1n) is 13.8. The lowest BCUT2D eigenvalue weighted by molar-refractivity contribution is -0.384. The van der Waals surface area contributed by atoms with Crippen LogP contribution in [0.1, 0.15) is 50.5 Å². The van der Waals surface area contributed by atoms with Crippen LogP contribution in [0.15, 0.2) is 84.9 Å². The molecule has 0 aliphatic carbocycles. The number of hydrogen-bond acceptors (Lipinski definition) is 6. The number of non-ortho nitro benzene ring substituents is 1. The molecule has 1 aliphatic heterocycles. The van der Waals surface area contributed by atoms with Crippen molar-refractivity contribution in [3.8, 4) is 5.69 Å². The molecule has 8 heteroatoms. The lowest BCUT2D eigenvalue weighted by Gasteiger charge is -2.34. The third-order valence-electron chi connectivity index (χ3n) is 7.81. The van der Waals surface area contributed by atoms with Gasteiger partial charge in [0, 0.05) is 47.9 Å². The number of nitro benzene ring substituents is 1. The average molecular weight is 552 g/mol. The lowest BCUT2D eigenvalue weighted by atomic mass is 9.90. The van der Waals surface area contributed by atoms with Gasteiger partial charge in [-0.2, -0.15) is 0 Å². The number of hydrogen-bond donors (Lipinski definition) is 0. The maximum absolute atomic E-state index is 13.3. The first-order valence-corrected chi connectivity index (χ1v) is 13.8. The highest BCUT2D eigenvalue weighted by molar-refractivity contribution is 6.02. The van der Waals surface area contributed by atoms with Crippen LogP contribution in [0, 0.1) is 29.9 Å². The van der Waals surface area contributed by atoms with Gasteiger partial charge in [0.25, 0.3) is 5.69 Å². The molecule has 8 nitrogen and oxygen atoms in total. The van der Waals surface area contributed by atoms with Crippen LogP contribution < -0.4 is 4.90 Å². The number of nitrogens with zero attached hydrogens (tertiary/aromatic N) is 3. The van der Waals surface area contributed by atoms with Crippen LogP contribution in [0.25, 0.3) is 5.69 Å². The minimum atomic E-state index is -0.750. The van der Waals surface area contributed by atoms with Gasteiger partial charge in [-0.1, -0.05) is 48.5 Å². The van der Waals surface area contributed by atoms with Gasteiger partial charge in [-0.25, -0.2) is 4.79 Å². The van der Waals surface area contributed by atoms with Crippen molar-refractivity contribution in [1.82, 2.24) is 4.57 Å². The van der Waals surface area contributed by atoms with Gasteiger partial charge in [0.2, 0.25) is 5.78 Å². The molecule has 0 radical (unpaired) electrons. The molecular formula is C33H33N3O5. The molecule has 0 bridgehead atoms. The third-order valence-corrected chi connectivity index (χ3v) is 7.81. The van der Waals surface area contributed by atoms with Crippen molar-refractivity contribution in [3.05, 3.63) is 123 Å². The number of aromatic nitrogens is 1. The van der Waals surface area contributed by atoms with Gasteiger partial charge in [-0.15, -0.1) is 0 Å². The van der Waals surface area contributed by atoms with E-state index in [1.807, 2.05) is 66.9 Å². The van der Waals surface area contributed by atoms with E-state index < -0.39 is 17.5 Å². The van der Waals surface area contributed by atoms with Crippen molar-refractivity contribution in [3.63, 3.8) is 0 Å². The standard InChI is InChI=1S/C33H33N3O5/c1-23-19-29(24(2)35(23)27-11-7-4-8-12-27)32(37)22-41-33(38)30-21-28(36(39)40)13-14-31(30)34-17-15-26(16-18-34)20-25-9-5-3-6-10-25/h3-14,19,21,26H,15-18,20,22H2,1-2H3. The van der Waals surface area contributed by atoms with Gasteiger partial charge in [0.1, 0.15) is 0 Å². The molecule has 5 rings (SSSR count). The second kappa shape index (κ2) is 12.2. The summed E-state index contributed by atoms with van der Waals surface area (Å²) >= 11 is 0. The molecule has 1 saturated heterocycles. The summed E-state index contributed by atoms with van der Waals surface area (Å²) in [5.74, 6) is -0.558. The number of aryl methyl sites for hydroxylation is 1. The quantitative estimate of drug-likeness (QED) is 0.102. The molecule has 0 unspecified atom stereocenters. The van der Waals surface area contributed by atoms with Crippen LogP contribution in [-0.4, -0.2) is 40.9 Å². The number of esters is 1. The number of carbonyl (C=O) groups excluding carboxylic acids is 2. The number of para-hydroxylation sites is 1. The van der Waals surface area contributed by atoms with Crippen LogP contribution in [0.3, 0.4) is 0 Å². The number of ketones is 1. The van der Waals surface area contributed by atoms with Crippen molar-refractivity contribution in [1.29, 1.82) is 0 Å². The fraction of sp³-hybridized carbons (Fsp3) is 0.273. The number of anilines is 1. The summed E-state index contributed by atoms with van der Waals surface area (Å²) < 4.78 is 7.45. The maximum atomic E-state index is 13.3. The van der Waals surface area contributed by atoms with E-state index in [1.165, 1.54) is 17.7 Å². The zero-order valence-electron chi connectivity index (χ0n) is 23.3. The van der Waals surface area contributed by atoms with Gasteiger partial charge < -0.3 is 14.2 Å². The summed E-state index contributed by atoms with van der Waals surface area (Å²) in [4.78, 5) is 39.5. The Morgan fingerprint density at radius 1 is 0.902 bits per heavy atom. The van der Waals surface area contributed by atoms with E-state index in [0.717, 1.165) is 49.4 Å². The highest BCUT2D eigenvalue weighted by Gasteiger charge is 2.27. The van der Waals surface area contributed by atoms with Crippen molar-refractivity contribution < 1.29 is 19.2 Å². The van der Waals surface area contributed by atoms with E-state index in [2.05, 4.69) is 17.0 Å². The molecule has 4 aromatic rings. The molecule has 2 heterocycles. The van der Waals surface area contributed by atoms with Crippen molar-refractivity contribution >= 4 is 23.1 Å². The molecule has 0 spiro atoms. The summed E-state index contributed by atoms with van der Waals surface area (Å²) in [5, 5.41) is 11.5. The van der Waals surface area contributed by atoms with Gasteiger partial charge in [0.05, 0.1) is 16.2 Å². The Hall–Kier alpha value is -4.72. The largest absolute Gasteiger partial charge is 0.454 e. The zero-order chi connectivity index (χ0) is 28.9. The Morgan fingerprint density at radius 3 is 2.22 bits per heavy atom. The number of nitro groups is 1. The number of carbonyl (C=O) groups is 2. The Morgan fingerprint density at radius 2 is 1.56 bits per heavy atom. The van der Waals surface area contributed by atoms with Crippen molar-refractivity contribution in [2.45, 2.75) is 33.1 Å². The Bertz CT molecular complexity index is 1550.